The van der Waals surface area contributed by atoms with E-state index in [1.807, 2.05) is 30.3 Å². The van der Waals surface area contributed by atoms with Crippen molar-refractivity contribution in [3.8, 4) is 0 Å². The summed E-state index contributed by atoms with van der Waals surface area (Å²) in [6, 6.07) is 9.96. The zero-order valence-corrected chi connectivity index (χ0v) is 16.5. The summed E-state index contributed by atoms with van der Waals surface area (Å²) in [6.07, 6.45) is 7.55. The van der Waals surface area contributed by atoms with E-state index < -0.39 is 17.8 Å². The highest BCUT2D eigenvalue weighted by Crippen LogP contribution is 2.28. The average Bonchev–Trinajstić information content (AvgIpc) is 2.65. The lowest BCUT2D eigenvalue weighted by atomic mass is 9.82. The first kappa shape index (κ1) is 22.2. The Balaban J connectivity index is 2.54. The van der Waals surface area contributed by atoms with E-state index in [1.165, 1.54) is 25.7 Å². The molecule has 3 unspecified atom stereocenters. The topological polar surface area (TPSA) is 66.4 Å². The molecule has 0 radical (unpaired) electrons. The number of carboxylic acid groups (broad SMARTS) is 1. The molecule has 26 heavy (non-hydrogen) atoms. The molecule has 0 aromatic heterocycles. The third-order valence-electron chi connectivity index (χ3n) is 5.14. The van der Waals surface area contributed by atoms with Crippen LogP contribution < -0.4 is 5.32 Å². The van der Waals surface area contributed by atoms with Gasteiger partial charge in [0.15, 0.2) is 0 Å². The van der Waals surface area contributed by atoms with Crippen molar-refractivity contribution in [2.75, 3.05) is 6.54 Å². The van der Waals surface area contributed by atoms with E-state index in [0.29, 0.717) is 13.0 Å². The van der Waals surface area contributed by atoms with Gasteiger partial charge in [0.1, 0.15) is 0 Å². The van der Waals surface area contributed by atoms with E-state index in [9.17, 15) is 14.7 Å². The zero-order valence-electron chi connectivity index (χ0n) is 16.5. The van der Waals surface area contributed by atoms with Gasteiger partial charge in [-0.2, -0.15) is 0 Å². The number of amides is 1. The molecule has 1 aromatic rings. The normalized spacial score (nSPS) is 14.4. The Morgan fingerprint density at radius 1 is 1.00 bits per heavy atom. The summed E-state index contributed by atoms with van der Waals surface area (Å²) >= 11 is 0. The van der Waals surface area contributed by atoms with Crippen LogP contribution in [0.2, 0.25) is 0 Å². The minimum atomic E-state index is -0.912. The van der Waals surface area contributed by atoms with Crippen LogP contribution >= 0.6 is 0 Å². The molecule has 0 heterocycles. The van der Waals surface area contributed by atoms with Crippen molar-refractivity contribution in [3.05, 3.63) is 35.9 Å². The van der Waals surface area contributed by atoms with Crippen LogP contribution in [0.3, 0.4) is 0 Å². The number of nitrogens with one attached hydrogen (secondary N) is 1. The SMILES string of the molecule is CCCCCCCCNC(=O)C(CC(C)c1ccccc1)C(C)C(=O)O. The number of unbranched alkanes of at least 4 members (excludes halogenated alkanes) is 5. The first-order valence-corrected chi connectivity index (χ1v) is 10.0. The predicted octanol–water partition coefficient (Wildman–Crippen LogP) is 4.99. The fraction of sp³-hybridized carbons (Fsp3) is 0.636. The summed E-state index contributed by atoms with van der Waals surface area (Å²) in [6.45, 7) is 6.51. The minimum absolute atomic E-state index is 0.128. The molecule has 2 N–H and O–H groups in total. The Morgan fingerprint density at radius 3 is 2.23 bits per heavy atom. The van der Waals surface area contributed by atoms with Crippen molar-refractivity contribution in [1.29, 1.82) is 0 Å². The van der Waals surface area contributed by atoms with E-state index in [-0.39, 0.29) is 11.8 Å². The van der Waals surface area contributed by atoms with Crippen molar-refractivity contribution in [2.45, 2.75) is 71.6 Å². The molecule has 0 saturated carbocycles. The second kappa shape index (κ2) is 12.5. The number of hydrogen-bond donors (Lipinski definition) is 2. The monoisotopic (exact) mass is 361 g/mol. The van der Waals surface area contributed by atoms with Crippen LogP contribution in [0.5, 0.6) is 0 Å². The van der Waals surface area contributed by atoms with Crippen molar-refractivity contribution < 1.29 is 14.7 Å². The Bertz CT molecular complexity index is 529. The van der Waals surface area contributed by atoms with Crippen molar-refractivity contribution in [3.63, 3.8) is 0 Å². The van der Waals surface area contributed by atoms with Gasteiger partial charge in [0, 0.05) is 6.54 Å². The lowest BCUT2D eigenvalue weighted by Gasteiger charge is -2.24. The van der Waals surface area contributed by atoms with Gasteiger partial charge in [0.2, 0.25) is 5.91 Å². The maximum atomic E-state index is 12.6. The Hall–Kier alpha value is -1.84. The first-order chi connectivity index (χ1) is 12.5. The molecule has 4 nitrogen and oxygen atoms in total. The first-order valence-electron chi connectivity index (χ1n) is 10.0. The van der Waals surface area contributed by atoms with Crippen LogP contribution in [0.25, 0.3) is 0 Å². The largest absolute Gasteiger partial charge is 0.481 e. The number of carbonyl (C=O) groups is 2. The predicted molar refractivity (Wildman–Crippen MR) is 106 cm³/mol. The smallest absolute Gasteiger partial charge is 0.307 e. The van der Waals surface area contributed by atoms with E-state index in [1.54, 1.807) is 6.92 Å². The highest BCUT2D eigenvalue weighted by molar-refractivity contribution is 5.84. The second-order valence-corrected chi connectivity index (χ2v) is 7.34. The fourth-order valence-corrected chi connectivity index (χ4v) is 3.26. The molecule has 0 saturated heterocycles. The second-order valence-electron chi connectivity index (χ2n) is 7.34. The van der Waals surface area contributed by atoms with Gasteiger partial charge < -0.3 is 10.4 Å². The van der Waals surface area contributed by atoms with E-state index in [2.05, 4.69) is 19.2 Å². The minimum Gasteiger partial charge on any atom is -0.481 e. The highest BCUT2D eigenvalue weighted by Gasteiger charge is 2.31. The van der Waals surface area contributed by atoms with Crippen LogP contribution in [-0.4, -0.2) is 23.5 Å². The number of carbonyl (C=O) groups excluding carboxylic acids is 1. The van der Waals surface area contributed by atoms with Gasteiger partial charge in [0.25, 0.3) is 0 Å². The summed E-state index contributed by atoms with van der Waals surface area (Å²) in [5.41, 5.74) is 1.14. The molecule has 0 bridgehead atoms. The van der Waals surface area contributed by atoms with Crippen molar-refractivity contribution in [1.82, 2.24) is 5.32 Å². The molecule has 146 valence electrons. The molecular weight excluding hydrogens is 326 g/mol. The maximum Gasteiger partial charge on any atom is 0.307 e. The molecule has 4 heteroatoms. The number of carboxylic acids is 1. The van der Waals surface area contributed by atoms with Crippen LogP contribution in [0.4, 0.5) is 0 Å². The molecule has 1 aromatic carbocycles. The van der Waals surface area contributed by atoms with Crippen molar-refractivity contribution in [2.24, 2.45) is 11.8 Å². The number of hydrogen-bond acceptors (Lipinski definition) is 2. The summed E-state index contributed by atoms with van der Waals surface area (Å²) in [4.78, 5) is 24.1. The molecule has 0 aliphatic rings. The van der Waals surface area contributed by atoms with Gasteiger partial charge in [-0.15, -0.1) is 0 Å². The Labute approximate surface area is 158 Å². The van der Waals surface area contributed by atoms with Gasteiger partial charge in [-0.05, 0) is 24.3 Å². The molecule has 3 atom stereocenters. The quantitative estimate of drug-likeness (QED) is 0.486. The summed E-state index contributed by atoms with van der Waals surface area (Å²) < 4.78 is 0. The molecule has 1 amide bonds. The lowest BCUT2D eigenvalue weighted by molar-refractivity contribution is -0.146. The van der Waals surface area contributed by atoms with Gasteiger partial charge in [-0.25, -0.2) is 0 Å². The molecular formula is C22H35NO3. The molecule has 0 spiro atoms. The summed E-state index contributed by atoms with van der Waals surface area (Å²) in [7, 11) is 0. The van der Waals surface area contributed by atoms with Gasteiger partial charge in [-0.1, -0.05) is 83.2 Å². The average molecular weight is 362 g/mol. The summed E-state index contributed by atoms with van der Waals surface area (Å²) in [5, 5.41) is 12.4. The zero-order chi connectivity index (χ0) is 19.4. The molecule has 1 rings (SSSR count). The molecule has 0 fully saturated rings. The van der Waals surface area contributed by atoms with Gasteiger partial charge in [0.05, 0.1) is 11.8 Å². The van der Waals surface area contributed by atoms with Crippen LogP contribution in [0, 0.1) is 11.8 Å². The van der Waals surface area contributed by atoms with Gasteiger partial charge >= 0.3 is 5.97 Å². The molecule has 0 aliphatic heterocycles. The standard InChI is InChI=1S/C22H35NO3/c1-4-5-6-7-8-12-15-23-21(24)20(18(3)22(25)26)16-17(2)19-13-10-9-11-14-19/h9-11,13-14,17-18,20H,4-8,12,15-16H2,1-3H3,(H,23,24)(H,25,26). The lowest BCUT2D eigenvalue weighted by Crippen LogP contribution is -2.38. The number of rotatable bonds is 13. The Kier molecular flexibility index (Phi) is 10.7. The van der Waals surface area contributed by atoms with Gasteiger partial charge in [-0.3, -0.25) is 9.59 Å². The highest BCUT2D eigenvalue weighted by atomic mass is 16.4. The third kappa shape index (κ3) is 8.03. The summed E-state index contributed by atoms with van der Waals surface area (Å²) in [5.74, 6) is -2.10. The van der Waals surface area contributed by atoms with Crippen LogP contribution in [0.1, 0.15) is 77.2 Å². The molecule has 0 aliphatic carbocycles. The number of benzene rings is 1. The van der Waals surface area contributed by atoms with E-state index >= 15 is 0 Å². The van der Waals surface area contributed by atoms with Crippen LogP contribution in [-0.2, 0) is 9.59 Å². The van der Waals surface area contributed by atoms with E-state index in [0.717, 1.165) is 18.4 Å². The Morgan fingerprint density at radius 2 is 1.62 bits per heavy atom. The maximum absolute atomic E-state index is 12.6. The van der Waals surface area contributed by atoms with E-state index in [4.69, 9.17) is 0 Å². The van der Waals surface area contributed by atoms with Crippen LogP contribution in [0.15, 0.2) is 30.3 Å². The number of aliphatic carboxylic acids is 1. The third-order valence-corrected chi connectivity index (χ3v) is 5.14. The van der Waals surface area contributed by atoms with Crippen molar-refractivity contribution >= 4 is 11.9 Å². The fourth-order valence-electron chi connectivity index (χ4n) is 3.26.